The van der Waals surface area contributed by atoms with E-state index in [2.05, 4.69) is 10.3 Å². The van der Waals surface area contributed by atoms with Crippen molar-refractivity contribution in [3.05, 3.63) is 56.7 Å². The number of hydrogen-bond donors (Lipinski definition) is 3. The second-order valence-corrected chi connectivity index (χ2v) is 6.67. The predicted molar refractivity (Wildman–Crippen MR) is 116 cm³/mol. The van der Waals surface area contributed by atoms with Crippen molar-refractivity contribution in [3.8, 4) is 0 Å². The summed E-state index contributed by atoms with van der Waals surface area (Å²) in [5, 5.41) is 3.48. The molecular weight excluding hydrogens is 378 g/mol. The monoisotopic (exact) mass is 405 g/mol. The zero-order chi connectivity index (χ0) is 20.5. The van der Waals surface area contributed by atoms with Gasteiger partial charge in [-0.3, -0.25) is 14.3 Å². The summed E-state index contributed by atoms with van der Waals surface area (Å²) < 4.78 is 6.53. The van der Waals surface area contributed by atoms with E-state index in [1.165, 1.54) is 4.57 Å². The zero-order valence-electron chi connectivity index (χ0n) is 16.2. The molecule has 8 nitrogen and oxygen atoms in total. The summed E-state index contributed by atoms with van der Waals surface area (Å²) >= 11 is 5.52. The Morgan fingerprint density at radius 3 is 2.68 bits per heavy atom. The topological polar surface area (TPSA) is 105 Å². The van der Waals surface area contributed by atoms with Crippen LogP contribution in [0.25, 0.3) is 0 Å². The fraction of sp³-hybridized carbons (Fsp3) is 0.421. The van der Waals surface area contributed by atoms with E-state index >= 15 is 0 Å². The van der Waals surface area contributed by atoms with Crippen molar-refractivity contribution in [1.29, 1.82) is 0 Å². The maximum Gasteiger partial charge on any atom is 0.330 e. The number of nitrogens with two attached hydrogens (primary N) is 1. The Labute approximate surface area is 169 Å². The van der Waals surface area contributed by atoms with Gasteiger partial charge in [0.15, 0.2) is 10.8 Å². The molecule has 0 bridgehead atoms. The van der Waals surface area contributed by atoms with Gasteiger partial charge in [-0.2, -0.15) is 0 Å². The summed E-state index contributed by atoms with van der Waals surface area (Å²) in [5.41, 5.74) is 6.32. The number of thiocarbonyl (C=S) groups is 1. The maximum atomic E-state index is 12.6. The Balaban J connectivity index is 2.34. The predicted octanol–water partition coefficient (Wildman–Crippen LogP) is 1.45. The Morgan fingerprint density at radius 1 is 1.32 bits per heavy atom. The fourth-order valence-electron chi connectivity index (χ4n) is 2.74. The van der Waals surface area contributed by atoms with Gasteiger partial charge in [-0.25, -0.2) is 4.79 Å². The van der Waals surface area contributed by atoms with Crippen LogP contribution < -0.4 is 27.2 Å². The van der Waals surface area contributed by atoms with Crippen LogP contribution in [0.2, 0.25) is 0 Å². The van der Waals surface area contributed by atoms with Crippen LogP contribution in [0.15, 0.2) is 39.9 Å². The van der Waals surface area contributed by atoms with E-state index < -0.39 is 11.2 Å². The first kappa shape index (κ1) is 21.6. The summed E-state index contributed by atoms with van der Waals surface area (Å²) in [6.07, 6.45) is 1.66. The lowest BCUT2D eigenvalue weighted by atomic mass is 10.2. The molecule has 1 aromatic carbocycles. The van der Waals surface area contributed by atoms with Crippen molar-refractivity contribution < 1.29 is 4.74 Å². The third kappa shape index (κ3) is 5.43. The number of ether oxygens (including phenoxy) is 1. The lowest BCUT2D eigenvalue weighted by Gasteiger charge is -2.27. The summed E-state index contributed by atoms with van der Waals surface area (Å²) in [7, 11) is 1.56. The minimum Gasteiger partial charge on any atom is -0.383 e. The van der Waals surface area contributed by atoms with Gasteiger partial charge in [0.1, 0.15) is 5.82 Å². The van der Waals surface area contributed by atoms with E-state index in [1.54, 1.807) is 12.0 Å². The van der Waals surface area contributed by atoms with E-state index in [9.17, 15) is 9.59 Å². The average Bonchev–Trinajstić information content (AvgIpc) is 2.69. The lowest BCUT2D eigenvalue weighted by molar-refractivity contribution is 0.207. The molecule has 2 rings (SSSR count). The van der Waals surface area contributed by atoms with Crippen LogP contribution in [0.4, 0.5) is 11.5 Å². The lowest BCUT2D eigenvalue weighted by Crippen LogP contribution is -2.46. The highest BCUT2D eigenvalue weighted by Gasteiger charge is 2.21. The number of aromatic nitrogens is 2. The summed E-state index contributed by atoms with van der Waals surface area (Å²) in [6.45, 7) is 3.58. The van der Waals surface area contributed by atoms with Crippen LogP contribution in [0.5, 0.6) is 0 Å². The molecule has 0 unspecified atom stereocenters. The minimum atomic E-state index is -0.574. The average molecular weight is 406 g/mol. The summed E-state index contributed by atoms with van der Waals surface area (Å²) in [5.74, 6) is 0.0992. The van der Waals surface area contributed by atoms with Gasteiger partial charge in [0.05, 0.1) is 6.61 Å². The molecule has 28 heavy (non-hydrogen) atoms. The molecule has 0 aliphatic carbocycles. The number of hydrogen-bond acceptors (Lipinski definition) is 5. The number of unbranched alkanes of at least 4 members (excludes halogenated alkanes) is 1. The highest BCUT2D eigenvalue weighted by Crippen LogP contribution is 2.17. The van der Waals surface area contributed by atoms with Gasteiger partial charge in [0, 0.05) is 26.7 Å². The quantitative estimate of drug-likeness (QED) is 0.542. The van der Waals surface area contributed by atoms with Gasteiger partial charge in [-0.05, 0) is 24.2 Å². The number of benzene rings is 1. The van der Waals surface area contributed by atoms with Crippen molar-refractivity contribution in [2.24, 2.45) is 0 Å². The molecule has 4 N–H and O–H groups in total. The summed E-state index contributed by atoms with van der Waals surface area (Å²) in [4.78, 5) is 28.6. The Morgan fingerprint density at radius 2 is 2.04 bits per heavy atom. The van der Waals surface area contributed by atoms with Gasteiger partial charge >= 0.3 is 5.69 Å². The summed E-state index contributed by atoms with van der Waals surface area (Å²) in [6, 6.07) is 9.76. The number of nitrogens with one attached hydrogen (secondary N) is 2. The Hall–Kier alpha value is -2.65. The van der Waals surface area contributed by atoms with Crippen LogP contribution in [-0.4, -0.2) is 34.9 Å². The normalized spacial score (nSPS) is 10.6. The number of anilines is 2. The molecule has 9 heteroatoms. The van der Waals surface area contributed by atoms with Crippen LogP contribution in [-0.2, 0) is 17.8 Å². The third-order valence-corrected chi connectivity index (χ3v) is 4.63. The molecule has 1 aromatic heterocycles. The second kappa shape index (κ2) is 10.6. The van der Waals surface area contributed by atoms with E-state index in [4.69, 9.17) is 22.7 Å². The SMILES string of the molecule is CCCCn1c(N)c(N(CCOC)C(=S)NCc2ccccc2)c(=O)[nH]c1=O. The van der Waals surface area contributed by atoms with Crippen molar-refractivity contribution in [1.82, 2.24) is 14.9 Å². The molecule has 0 aliphatic heterocycles. The maximum absolute atomic E-state index is 12.6. The largest absolute Gasteiger partial charge is 0.383 e. The van der Waals surface area contributed by atoms with Crippen molar-refractivity contribution >= 4 is 28.8 Å². The van der Waals surface area contributed by atoms with Crippen molar-refractivity contribution in [2.75, 3.05) is 30.9 Å². The van der Waals surface area contributed by atoms with Gasteiger partial charge < -0.3 is 20.7 Å². The number of H-pyrrole nitrogens is 1. The van der Waals surface area contributed by atoms with E-state index in [-0.39, 0.29) is 11.5 Å². The molecule has 152 valence electrons. The molecule has 2 aromatic rings. The second-order valence-electron chi connectivity index (χ2n) is 6.29. The van der Waals surface area contributed by atoms with Crippen molar-refractivity contribution in [2.45, 2.75) is 32.9 Å². The van der Waals surface area contributed by atoms with Crippen LogP contribution in [0, 0.1) is 0 Å². The molecule has 1 heterocycles. The van der Waals surface area contributed by atoms with Gasteiger partial charge in [0.25, 0.3) is 5.56 Å². The van der Waals surface area contributed by atoms with Crippen molar-refractivity contribution in [3.63, 3.8) is 0 Å². The molecule has 0 amide bonds. The number of nitrogens with zero attached hydrogens (tertiary/aromatic N) is 2. The first-order chi connectivity index (χ1) is 13.5. The molecule has 0 spiro atoms. The molecule has 0 saturated carbocycles. The van der Waals surface area contributed by atoms with Crippen LogP contribution in [0.1, 0.15) is 25.3 Å². The Kier molecular flexibility index (Phi) is 8.21. The molecular formula is C19H27N5O3S. The highest BCUT2D eigenvalue weighted by atomic mass is 32.1. The van der Waals surface area contributed by atoms with Crippen LogP contribution in [0.3, 0.4) is 0 Å². The van der Waals surface area contributed by atoms with E-state index in [0.29, 0.717) is 31.4 Å². The smallest absolute Gasteiger partial charge is 0.330 e. The van der Waals surface area contributed by atoms with Gasteiger partial charge in [-0.1, -0.05) is 43.7 Å². The third-order valence-electron chi connectivity index (χ3n) is 4.27. The van der Waals surface area contributed by atoms with E-state index in [0.717, 1.165) is 18.4 Å². The molecule has 0 radical (unpaired) electrons. The van der Waals surface area contributed by atoms with E-state index in [1.807, 2.05) is 37.3 Å². The minimum absolute atomic E-state index is 0.0992. The molecule has 0 atom stereocenters. The molecule has 0 aliphatic rings. The Bertz CT molecular complexity index is 895. The molecule has 0 fully saturated rings. The zero-order valence-corrected chi connectivity index (χ0v) is 17.1. The number of methoxy groups -OCH3 is 1. The highest BCUT2D eigenvalue weighted by molar-refractivity contribution is 7.80. The van der Waals surface area contributed by atoms with Gasteiger partial charge in [0.2, 0.25) is 0 Å². The fourth-order valence-corrected chi connectivity index (χ4v) is 3.00. The number of rotatable bonds is 9. The number of aromatic amines is 1. The number of nitrogen functional groups attached to an aromatic ring is 1. The molecule has 0 saturated heterocycles. The first-order valence-corrected chi connectivity index (χ1v) is 9.61. The first-order valence-electron chi connectivity index (χ1n) is 9.20. The van der Waals surface area contributed by atoms with Gasteiger partial charge in [-0.15, -0.1) is 0 Å². The van der Waals surface area contributed by atoms with Crippen LogP contribution >= 0.6 is 12.2 Å². The standard InChI is InChI=1S/C19H27N5O3S/c1-3-4-10-24-16(20)15(17(25)22-18(24)26)23(11-12-27-2)19(28)21-13-14-8-6-5-7-9-14/h5-9H,3-4,10-13,20H2,1-2H3,(H,21,28)(H,22,25,26).